The lowest BCUT2D eigenvalue weighted by Crippen LogP contribution is -1.96. The van der Waals surface area contributed by atoms with Crippen molar-refractivity contribution in [3.05, 3.63) is 45.0 Å². The van der Waals surface area contributed by atoms with Crippen LogP contribution in [0.5, 0.6) is 0 Å². The molecule has 0 aliphatic rings. The molecule has 19 heavy (non-hydrogen) atoms. The van der Waals surface area contributed by atoms with Crippen LogP contribution in [0.1, 0.15) is 11.3 Å². The maximum atomic E-state index is 10.8. The summed E-state index contributed by atoms with van der Waals surface area (Å²) in [6.07, 6.45) is 0. The molecule has 1 N–H and O–H groups in total. The fraction of sp³-hybridized carbons (Fsp3) is 0.250. The average Bonchev–Trinajstić information content (AvgIpc) is 2.81. The molecule has 1 heterocycles. The third kappa shape index (κ3) is 3.45. The first-order chi connectivity index (χ1) is 9.10. The summed E-state index contributed by atoms with van der Waals surface area (Å²) < 4.78 is 0.978. The Labute approximate surface area is 119 Å². The highest BCUT2D eigenvalue weighted by molar-refractivity contribution is 8.00. The molecule has 0 saturated carbocycles. The van der Waals surface area contributed by atoms with Gasteiger partial charge in [0.05, 0.1) is 4.92 Å². The van der Waals surface area contributed by atoms with Crippen molar-refractivity contribution in [1.82, 2.24) is 4.98 Å². The summed E-state index contributed by atoms with van der Waals surface area (Å²) in [4.78, 5) is 14.8. The van der Waals surface area contributed by atoms with Gasteiger partial charge in [-0.25, -0.2) is 4.98 Å². The lowest BCUT2D eigenvalue weighted by atomic mass is 10.2. The van der Waals surface area contributed by atoms with Crippen LogP contribution in [0.3, 0.4) is 0 Å². The average molecular weight is 295 g/mol. The summed E-state index contributed by atoms with van der Waals surface area (Å²) in [6.45, 7) is 1.95. The third-order valence-electron chi connectivity index (χ3n) is 2.52. The predicted molar refractivity (Wildman–Crippen MR) is 79.1 cm³/mol. The molecule has 2 rings (SSSR count). The van der Waals surface area contributed by atoms with Gasteiger partial charge in [0.25, 0.3) is 5.69 Å². The fourth-order valence-corrected chi connectivity index (χ4v) is 3.44. The van der Waals surface area contributed by atoms with E-state index >= 15 is 0 Å². The topological polar surface area (TPSA) is 68.1 Å². The highest BCUT2D eigenvalue weighted by atomic mass is 32.2. The summed E-state index contributed by atoms with van der Waals surface area (Å²) in [5.74, 6) is 0.658. The Hall–Kier alpha value is -1.60. The largest absolute Gasteiger partial charge is 0.388 e. The van der Waals surface area contributed by atoms with Gasteiger partial charge in [0, 0.05) is 41.7 Å². The Bertz CT molecular complexity index is 598. The van der Waals surface area contributed by atoms with Crippen molar-refractivity contribution in [2.24, 2.45) is 0 Å². The molecule has 0 aliphatic carbocycles. The second kappa shape index (κ2) is 6.03. The van der Waals surface area contributed by atoms with Crippen LogP contribution >= 0.6 is 23.1 Å². The van der Waals surface area contributed by atoms with Crippen molar-refractivity contribution in [2.75, 3.05) is 12.4 Å². The molecule has 100 valence electrons. The number of aromatic nitrogens is 1. The highest BCUT2D eigenvalue weighted by Crippen LogP contribution is 2.30. The van der Waals surface area contributed by atoms with E-state index in [4.69, 9.17) is 0 Å². The number of thiazole rings is 1. The number of benzene rings is 1. The lowest BCUT2D eigenvalue weighted by molar-refractivity contribution is -0.384. The molecule has 0 saturated heterocycles. The van der Waals surface area contributed by atoms with Crippen LogP contribution in [0.4, 0.5) is 11.4 Å². The van der Waals surface area contributed by atoms with E-state index in [0.717, 1.165) is 21.3 Å². The van der Waals surface area contributed by atoms with Gasteiger partial charge < -0.3 is 5.32 Å². The van der Waals surface area contributed by atoms with Crippen LogP contribution < -0.4 is 5.32 Å². The summed E-state index contributed by atoms with van der Waals surface area (Å²) in [6, 6.07) is 4.86. The smallest absolute Gasteiger partial charge is 0.269 e. The van der Waals surface area contributed by atoms with Crippen LogP contribution in [0, 0.1) is 17.0 Å². The molecular formula is C12H13N3O2S2. The molecule has 1 aromatic heterocycles. The molecule has 0 bridgehead atoms. The number of aryl methyl sites for hydroxylation is 1. The molecule has 0 spiro atoms. The van der Waals surface area contributed by atoms with Crippen molar-refractivity contribution in [2.45, 2.75) is 17.0 Å². The zero-order valence-corrected chi connectivity index (χ0v) is 12.2. The number of nitrogens with zero attached hydrogens (tertiary/aromatic N) is 2. The number of nitro benzene ring substituents is 1. The molecule has 0 radical (unpaired) electrons. The van der Waals surface area contributed by atoms with E-state index in [0.29, 0.717) is 5.75 Å². The van der Waals surface area contributed by atoms with E-state index < -0.39 is 0 Å². The Balaban J connectivity index is 2.17. The van der Waals surface area contributed by atoms with Gasteiger partial charge in [-0.3, -0.25) is 10.1 Å². The zero-order valence-electron chi connectivity index (χ0n) is 10.5. The number of thioether (sulfide) groups is 1. The number of non-ortho nitro benzene ring substituents is 1. The molecule has 0 atom stereocenters. The molecular weight excluding hydrogens is 282 g/mol. The van der Waals surface area contributed by atoms with Crippen LogP contribution in [0.25, 0.3) is 0 Å². The monoisotopic (exact) mass is 295 g/mol. The summed E-state index contributed by atoms with van der Waals surface area (Å²) in [7, 11) is 1.81. The maximum Gasteiger partial charge on any atom is 0.269 e. The van der Waals surface area contributed by atoms with E-state index in [9.17, 15) is 10.1 Å². The lowest BCUT2D eigenvalue weighted by Gasteiger charge is -2.07. The summed E-state index contributed by atoms with van der Waals surface area (Å²) >= 11 is 3.18. The van der Waals surface area contributed by atoms with Crippen LogP contribution in [0.2, 0.25) is 0 Å². The van der Waals surface area contributed by atoms with Gasteiger partial charge in [0.15, 0.2) is 0 Å². The number of nitrogens with one attached hydrogen (secondary N) is 1. The van der Waals surface area contributed by atoms with Crippen molar-refractivity contribution >= 4 is 34.5 Å². The van der Waals surface area contributed by atoms with Gasteiger partial charge in [-0.1, -0.05) is 11.8 Å². The second-order valence-electron chi connectivity index (χ2n) is 3.89. The van der Waals surface area contributed by atoms with Crippen LogP contribution in [-0.2, 0) is 5.75 Å². The third-order valence-corrected chi connectivity index (χ3v) is 4.71. The first kappa shape index (κ1) is 13.8. The Morgan fingerprint density at radius 1 is 1.53 bits per heavy atom. The van der Waals surface area contributed by atoms with Gasteiger partial charge in [-0.05, 0) is 18.6 Å². The van der Waals surface area contributed by atoms with Crippen molar-refractivity contribution in [1.29, 1.82) is 0 Å². The minimum Gasteiger partial charge on any atom is -0.388 e. The first-order valence-corrected chi connectivity index (χ1v) is 7.46. The summed E-state index contributed by atoms with van der Waals surface area (Å²) in [5.41, 5.74) is 2.94. The molecule has 0 fully saturated rings. The molecule has 2 aromatic rings. The predicted octanol–water partition coefficient (Wildman–Crippen LogP) is 3.69. The number of anilines is 1. The Kier molecular flexibility index (Phi) is 4.39. The van der Waals surface area contributed by atoms with Gasteiger partial charge in [-0.15, -0.1) is 11.3 Å². The SMILES string of the molecule is CNc1ccc([N+](=O)[O-])cc1CSc1nc(C)cs1. The van der Waals surface area contributed by atoms with Crippen LogP contribution in [-0.4, -0.2) is 17.0 Å². The number of hydrogen-bond acceptors (Lipinski definition) is 6. The summed E-state index contributed by atoms with van der Waals surface area (Å²) in [5, 5.41) is 15.8. The van der Waals surface area contributed by atoms with E-state index in [-0.39, 0.29) is 10.6 Å². The van der Waals surface area contributed by atoms with Gasteiger partial charge in [0.2, 0.25) is 0 Å². The molecule has 0 unspecified atom stereocenters. The van der Waals surface area contributed by atoms with E-state index in [1.165, 1.54) is 6.07 Å². The van der Waals surface area contributed by atoms with Gasteiger partial charge in [0.1, 0.15) is 4.34 Å². The van der Waals surface area contributed by atoms with Crippen molar-refractivity contribution in [3.8, 4) is 0 Å². The van der Waals surface area contributed by atoms with Gasteiger partial charge >= 0.3 is 0 Å². The second-order valence-corrected chi connectivity index (χ2v) is 5.97. The molecule has 0 amide bonds. The molecule has 7 heteroatoms. The van der Waals surface area contributed by atoms with E-state index in [2.05, 4.69) is 10.3 Å². The highest BCUT2D eigenvalue weighted by Gasteiger charge is 2.11. The number of rotatable bonds is 5. The van der Waals surface area contributed by atoms with E-state index in [1.54, 1.807) is 35.2 Å². The molecule has 0 aliphatic heterocycles. The van der Waals surface area contributed by atoms with Crippen LogP contribution in [0.15, 0.2) is 27.9 Å². The zero-order chi connectivity index (χ0) is 13.8. The maximum absolute atomic E-state index is 10.8. The normalized spacial score (nSPS) is 10.4. The number of nitro groups is 1. The minimum absolute atomic E-state index is 0.116. The van der Waals surface area contributed by atoms with Crippen molar-refractivity contribution in [3.63, 3.8) is 0 Å². The minimum atomic E-state index is -0.374. The Morgan fingerprint density at radius 3 is 2.89 bits per heavy atom. The fourth-order valence-electron chi connectivity index (χ4n) is 1.60. The molecule has 1 aromatic carbocycles. The standard InChI is InChI=1S/C12H13N3O2S2/c1-8-6-18-12(14-8)19-7-9-5-10(15(16)17)3-4-11(9)13-2/h3-6,13H,7H2,1-2H3. The Morgan fingerprint density at radius 2 is 2.32 bits per heavy atom. The molecule has 5 nitrogen and oxygen atoms in total. The number of hydrogen-bond donors (Lipinski definition) is 1. The van der Waals surface area contributed by atoms with E-state index in [1.807, 2.05) is 19.4 Å². The van der Waals surface area contributed by atoms with Gasteiger partial charge in [-0.2, -0.15) is 0 Å². The first-order valence-electron chi connectivity index (χ1n) is 5.60. The quantitative estimate of drug-likeness (QED) is 0.517. The van der Waals surface area contributed by atoms with Crippen molar-refractivity contribution < 1.29 is 4.92 Å².